The van der Waals surface area contributed by atoms with Gasteiger partial charge in [0.05, 0.1) is 6.61 Å². The Hall–Kier alpha value is -1.02. The Morgan fingerprint density at radius 3 is 2.41 bits per heavy atom. The molecule has 1 atom stereocenters. The van der Waals surface area contributed by atoms with E-state index < -0.39 is 0 Å². The molecule has 0 bridgehead atoms. The summed E-state index contributed by atoms with van der Waals surface area (Å²) in [6, 6.07) is 9.03. The maximum absolute atomic E-state index is 5.72. The van der Waals surface area contributed by atoms with Gasteiger partial charge < -0.3 is 10.1 Å². The van der Waals surface area contributed by atoms with Crippen LogP contribution in [0.25, 0.3) is 0 Å². The van der Waals surface area contributed by atoms with Crippen LogP contribution in [0.3, 0.4) is 0 Å². The lowest BCUT2D eigenvalue weighted by molar-refractivity contribution is 0.296. The minimum absolute atomic E-state index is 0.626. The second-order valence-corrected chi connectivity index (χ2v) is 4.38. The standard InChI is InChI=1S/C15H25NO/c1-4-13-8-10-15(11-9-13)17-12-6-7-14(5-2)16-3/h8-11,14,16H,4-7,12H2,1-3H3. The highest BCUT2D eigenvalue weighted by Crippen LogP contribution is 2.13. The Balaban J connectivity index is 2.21. The lowest BCUT2D eigenvalue weighted by Gasteiger charge is -2.13. The van der Waals surface area contributed by atoms with Gasteiger partial charge in [0, 0.05) is 6.04 Å². The van der Waals surface area contributed by atoms with Crippen molar-refractivity contribution in [2.75, 3.05) is 13.7 Å². The second-order valence-electron chi connectivity index (χ2n) is 4.38. The van der Waals surface area contributed by atoms with Gasteiger partial charge in [0.25, 0.3) is 0 Å². The molecule has 1 N–H and O–H groups in total. The molecule has 17 heavy (non-hydrogen) atoms. The zero-order valence-corrected chi connectivity index (χ0v) is 11.3. The molecule has 0 saturated carbocycles. The van der Waals surface area contributed by atoms with E-state index in [0.717, 1.165) is 25.2 Å². The van der Waals surface area contributed by atoms with Crippen molar-refractivity contribution in [3.8, 4) is 5.75 Å². The normalized spacial score (nSPS) is 12.4. The van der Waals surface area contributed by atoms with E-state index in [0.29, 0.717) is 6.04 Å². The summed E-state index contributed by atoms with van der Waals surface area (Å²) < 4.78 is 5.72. The quantitative estimate of drug-likeness (QED) is 0.697. The molecule has 1 aromatic rings. The second kappa shape index (κ2) is 8.13. The fourth-order valence-electron chi connectivity index (χ4n) is 1.89. The maximum atomic E-state index is 5.72. The Morgan fingerprint density at radius 2 is 1.88 bits per heavy atom. The van der Waals surface area contributed by atoms with Crippen molar-refractivity contribution in [1.29, 1.82) is 0 Å². The smallest absolute Gasteiger partial charge is 0.119 e. The average molecular weight is 235 g/mol. The SMILES string of the molecule is CCc1ccc(OCCCC(CC)NC)cc1. The summed E-state index contributed by atoms with van der Waals surface area (Å²) in [5.74, 6) is 0.986. The third-order valence-electron chi connectivity index (χ3n) is 3.20. The molecule has 0 aliphatic rings. The van der Waals surface area contributed by atoms with Gasteiger partial charge in [-0.3, -0.25) is 0 Å². The number of hydrogen-bond acceptors (Lipinski definition) is 2. The minimum Gasteiger partial charge on any atom is -0.494 e. The van der Waals surface area contributed by atoms with Crippen molar-refractivity contribution in [2.45, 2.75) is 45.6 Å². The summed E-state index contributed by atoms with van der Waals surface area (Å²) in [7, 11) is 2.03. The summed E-state index contributed by atoms with van der Waals surface area (Å²) in [5.41, 5.74) is 1.36. The number of hydrogen-bond donors (Lipinski definition) is 1. The Kier molecular flexibility index (Phi) is 6.71. The molecule has 0 saturated heterocycles. The predicted octanol–water partition coefficient (Wildman–Crippen LogP) is 3.41. The number of rotatable bonds is 8. The van der Waals surface area contributed by atoms with Crippen LogP contribution < -0.4 is 10.1 Å². The third kappa shape index (κ3) is 5.22. The van der Waals surface area contributed by atoms with Gasteiger partial charge in [0.1, 0.15) is 5.75 Å². The zero-order valence-electron chi connectivity index (χ0n) is 11.3. The molecule has 0 aliphatic heterocycles. The first-order valence-electron chi connectivity index (χ1n) is 6.69. The molecule has 0 fully saturated rings. The van der Waals surface area contributed by atoms with Crippen LogP contribution in [0.2, 0.25) is 0 Å². The largest absolute Gasteiger partial charge is 0.494 e. The Labute approximate surface area is 105 Å². The highest BCUT2D eigenvalue weighted by atomic mass is 16.5. The van der Waals surface area contributed by atoms with Gasteiger partial charge in [-0.05, 0) is 50.4 Å². The monoisotopic (exact) mass is 235 g/mol. The van der Waals surface area contributed by atoms with Crippen LogP contribution in [-0.4, -0.2) is 19.7 Å². The molecule has 96 valence electrons. The van der Waals surface area contributed by atoms with E-state index in [2.05, 4.69) is 43.4 Å². The van der Waals surface area contributed by atoms with Crippen LogP contribution in [0.15, 0.2) is 24.3 Å². The molecule has 1 rings (SSSR count). The van der Waals surface area contributed by atoms with Gasteiger partial charge in [0.15, 0.2) is 0 Å². The first kappa shape index (κ1) is 14.0. The van der Waals surface area contributed by atoms with Crippen LogP contribution in [0.5, 0.6) is 5.75 Å². The predicted molar refractivity (Wildman–Crippen MR) is 73.7 cm³/mol. The van der Waals surface area contributed by atoms with Crippen molar-refractivity contribution >= 4 is 0 Å². The first-order chi connectivity index (χ1) is 8.30. The van der Waals surface area contributed by atoms with Gasteiger partial charge in [-0.15, -0.1) is 0 Å². The van der Waals surface area contributed by atoms with Gasteiger partial charge in [-0.2, -0.15) is 0 Å². The van der Waals surface area contributed by atoms with E-state index in [1.165, 1.54) is 18.4 Å². The number of aryl methyl sites for hydroxylation is 1. The molecule has 0 aromatic heterocycles. The summed E-state index contributed by atoms with van der Waals surface area (Å²) in [5, 5.41) is 3.31. The van der Waals surface area contributed by atoms with Crippen LogP contribution >= 0.6 is 0 Å². The summed E-state index contributed by atoms with van der Waals surface area (Å²) >= 11 is 0. The summed E-state index contributed by atoms with van der Waals surface area (Å²) in [6.07, 6.45) is 4.55. The van der Waals surface area contributed by atoms with Crippen molar-refractivity contribution in [2.24, 2.45) is 0 Å². The molecule has 0 amide bonds. The van der Waals surface area contributed by atoms with Crippen molar-refractivity contribution in [3.05, 3.63) is 29.8 Å². The number of nitrogens with one attached hydrogen (secondary N) is 1. The Morgan fingerprint density at radius 1 is 1.18 bits per heavy atom. The summed E-state index contributed by atoms with van der Waals surface area (Å²) in [4.78, 5) is 0. The lowest BCUT2D eigenvalue weighted by atomic mass is 10.1. The van der Waals surface area contributed by atoms with Gasteiger partial charge in [-0.25, -0.2) is 0 Å². The number of benzene rings is 1. The molecule has 1 aromatic carbocycles. The van der Waals surface area contributed by atoms with Crippen molar-refractivity contribution < 1.29 is 4.74 Å². The average Bonchev–Trinajstić information content (AvgIpc) is 2.40. The van der Waals surface area contributed by atoms with E-state index in [9.17, 15) is 0 Å². The van der Waals surface area contributed by atoms with E-state index in [4.69, 9.17) is 4.74 Å². The van der Waals surface area contributed by atoms with E-state index in [1.54, 1.807) is 0 Å². The van der Waals surface area contributed by atoms with E-state index >= 15 is 0 Å². The van der Waals surface area contributed by atoms with E-state index in [-0.39, 0.29) is 0 Å². The van der Waals surface area contributed by atoms with Crippen LogP contribution in [-0.2, 0) is 6.42 Å². The highest BCUT2D eigenvalue weighted by molar-refractivity contribution is 5.27. The minimum atomic E-state index is 0.626. The van der Waals surface area contributed by atoms with E-state index in [1.807, 2.05) is 7.05 Å². The molecular formula is C15H25NO. The topological polar surface area (TPSA) is 21.3 Å². The van der Waals surface area contributed by atoms with Crippen molar-refractivity contribution in [3.63, 3.8) is 0 Å². The zero-order chi connectivity index (χ0) is 12.5. The third-order valence-corrected chi connectivity index (χ3v) is 3.20. The van der Waals surface area contributed by atoms with Gasteiger partial charge in [-0.1, -0.05) is 26.0 Å². The fourth-order valence-corrected chi connectivity index (χ4v) is 1.89. The van der Waals surface area contributed by atoms with Crippen LogP contribution in [0.4, 0.5) is 0 Å². The molecule has 0 radical (unpaired) electrons. The maximum Gasteiger partial charge on any atom is 0.119 e. The number of ether oxygens (including phenoxy) is 1. The van der Waals surface area contributed by atoms with Crippen LogP contribution in [0.1, 0.15) is 38.7 Å². The van der Waals surface area contributed by atoms with Gasteiger partial charge in [0.2, 0.25) is 0 Å². The molecule has 0 spiro atoms. The van der Waals surface area contributed by atoms with Gasteiger partial charge >= 0.3 is 0 Å². The molecule has 0 aliphatic carbocycles. The van der Waals surface area contributed by atoms with Crippen molar-refractivity contribution in [1.82, 2.24) is 5.32 Å². The molecule has 1 unspecified atom stereocenters. The Bertz CT molecular complexity index is 290. The molecular weight excluding hydrogens is 210 g/mol. The molecule has 2 nitrogen and oxygen atoms in total. The highest BCUT2D eigenvalue weighted by Gasteiger charge is 2.02. The lowest BCUT2D eigenvalue weighted by Crippen LogP contribution is -2.24. The molecule has 0 heterocycles. The first-order valence-corrected chi connectivity index (χ1v) is 6.69. The molecule has 2 heteroatoms. The summed E-state index contributed by atoms with van der Waals surface area (Å²) in [6.45, 7) is 5.19. The fraction of sp³-hybridized carbons (Fsp3) is 0.600. The van der Waals surface area contributed by atoms with Crippen LogP contribution in [0, 0.1) is 0 Å².